The Bertz CT molecular complexity index is 592. The lowest BCUT2D eigenvalue weighted by molar-refractivity contribution is 0.637. The molecule has 4 nitrogen and oxygen atoms in total. The minimum absolute atomic E-state index is 0.354. The van der Waals surface area contributed by atoms with Crippen LogP contribution < -0.4 is 0 Å². The first kappa shape index (κ1) is 12.3. The van der Waals surface area contributed by atoms with E-state index in [-0.39, 0.29) is 0 Å². The van der Waals surface area contributed by atoms with Gasteiger partial charge in [0.15, 0.2) is 5.69 Å². The zero-order valence-electron chi connectivity index (χ0n) is 9.67. The molecular formula is C13H11ClN4. The second-order valence-electron chi connectivity index (χ2n) is 3.77. The monoisotopic (exact) mass is 258 g/mol. The van der Waals surface area contributed by atoms with Gasteiger partial charge in [-0.25, -0.2) is 4.68 Å². The average Bonchev–Trinajstić information content (AvgIpc) is 2.75. The van der Waals surface area contributed by atoms with E-state index in [0.29, 0.717) is 23.7 Å². The summed E-state index contributed by atoms with van der Waals surface area (Å²) in [6.07, 6.45) is 2.32. The van der Waals surface area contributed by atoms with Gasteiger partial charge in [0.05, 0.1) is 12.2 Å². The standard InChI is InChI=1S/C13H11ClN4/c1-2-7-18-13(12(9-15)16-17-18)8-10-3-5-11(14)6-4-10/h2-6H,1,7-8H2. The first-order valence-corrected chi connectivity index (χ1v) is 5.80. The summed E-state index contributed by atoms with van der Waals surface area (Å²) in [5.41, 5.74) is 2.20. The highest BCUT2D eigenvalue weighted by atomic mass is 35.5. The fourth-order valence-electron chi connectivity index (χ4n) is 1.66. The molecule has 0 N–H and O–H groups in total. The van der Waals surface area contributed by atoms with Crippen molar-refractivity contribution in [1.82, 2.24) is 15.0 Å². The molecule has 2 aromatic rings. The molecule has 90 valence electrons. The largest absolute Gasteiger partial charge is 0.244 e. The van der Waals surface area contributed by atoms with Crippen LogP contribution in [0.4, 0.5) is 0 Å². The molecule has 2 rings (SSSR count). The van der Waals surface area contributed by atoms with Crippen LogP contribution in [0.25, 0.3) is 0 Å². The quantitative estimate of drug-likeness (QED) is 0.792. The number of aromatic nitrogens is 3. The summed E-state index contributed by atoms with van der Waals surface area (Å²) in [4.78, 5) is 0. The molecule has 5 heteroatoms. The van der Waals surface area contributed by atoms with Crippen molar-refractivity contribution in [3.63, 3.8) is 0 Å². The van der Waals surface area contributed by atoms with Crippen LogP contribution in [0.5, 0.6) is 0 Å². The van der Waals surface area contributed by atoms with Crippen molar-refractivity contribution in [1.29, 1.82) is 5.26 Å². The molecule has 0 aliphatic rings. The van der Waals surface area contributed by atoms with Crippen molar-refractivity contribution >= 4 is 11.6 Å². The summed E-state index contributed by atoms with van der Waals surface area (Å²) in [6.45, 7) is 4.20. The van der Waals surface area contributed by atoms with Crippen LogP contribution in [0.3, 0.4) is 0 Å². The van der Waals surface area contributed by atoms with Crippen molar-refractivity contribution in [2.45, 2.75) is 13.0 Å². The highest BCUT2D eigenvalue weighted by Crippen LogP contribution is 2.15. The molecule has 0 saturated heterocycles. The second-order valence-corrected chi connectivity index (χ2v) is 4.21. The van der Waals surface area contributed by atoms with Crippen LogP contribution in [0.15, 0.2) is 36.9 Å². The van der Waals surface area contributed by atoms with Crippen molar-refractivity contribution in [3.05, 3.63) is 58.9 Å². The van der Waals surface area contributed by atoms with Gasteiger partial charge in [0.1, 0.15) is 6.07 Å². The number of halogens is 1. The fraction of sp³-hybridized carbons (Fsp3) is 0.154. The Morgan fingerprint density at radius 2 is 2.11 bits per heavy atom. The Morgan fingerprint density at radius 1 is 1.39 bits per heavy atom. The van der Waals surface area contributed by atoms with Gasteiger partial charge in [-0.3, -0.25) is 0 Å². The van der Waals surface area contributed by atoms with Crippen LogP contribution in [0.2, 0.25) is 5.02 Å². The summed E-state index contributed by atoms with van der Waals surface area (Å²) in [7, 11) is 0. The van der Waals surface area contributed by atoms with E-state index in [1.54, 1.807) is 10.8 Å². The SMILES string of the molecule is C=CCn1nnc(C#N)c1Cc1ccc(Cl)cc1. The van der Waals surface area contributed by atoms with E-state index >= 15 is 0 Å². The van der Waals surface area contributed by atoms with Gasteiger partial charge in [-0.2, -0.15) is 5.26 Å². The normalized spacial score (nSPS) is 10.0. The molecular weight excluding hydrogens is 248 g/mol. The molecule has 0 atom stereocenters. The molecule has 1 heterocycles. The Labute approximate surface area is 110 Å². The van der Waals surface area contributed by atoms with E-state index < -0.39 is 0 Å². The second kappa shape index (κ2) is 5.48. The first-order valence-electron chi connectivity index (χ1n) is 5.42. The van der Waals surface area contributed by atoms with Crippen LogP contribution in [-0.4, -0.2) is 15.0 Å². The molecule has 0 radical (unpaired) electrons. The molecule has 0 fully saturated rings. The molecule has 0 unspecified atom stereocenters. The maximum absolute atomic E-state index is 9.01. The summed E-state index contributed by atoms with van der Waals surface area (Å²) in [6, 6.07) is 9.55. The van der Waals surface area contributed by atoms with Gasteiger partial charge in [0.2, 0.25) is 0 Å². The Hall–Kier alpha value is -2.12. The van der Waals surface area contributed by atoms with Crippen molar-refractivity contribution in [2.75, 3.05) is 0 Å². The van der Waals surface area contributed by atoms with Gasteiger partial charge >= 0.3 is 0 Å². The van der Waals surface area contributed by atoms with E-state index in [4.69, 9.17) is 16.9 Å². The summed E-state index contributed by atoms with van der Waals surface area (Å²) >= 11 is 5.84. The van der Waals surface area contributed by atoms with Gasteiger partial charge in [-0.1, -0.05) is 35.0 Å². The number of rotatable bonds is 4. The van der Waals surface area contributed by atoms with E-state index in [9.17, 15) is 0 Å². The van der Waals surface area contributed by atoms with Crippen LogP contribution in [0.1, 0.15) is 17.0 Å². The summed E-state index contributed by atoms with van der Waals surface area (Å²) < 4.78 is 1.68. The smallest absolute Gasteiger partial charge is 0.186 e. The number of nitriles is 1. The van der Waals surface area contributed by atoms with Gasteiger partial charge in [0, 0.05) is 11.4 Å². The molecule has 0 saturated carbocycles. The molecule has 0 amide bonds. The van der Waals surface area contributed by atoms with E-state index in [1.807, 2.05) is 24.3 Å². The van der Waals surface area contributed by atoms with Crippen molar-refractivity contribution in [2.24, 2.45) is 0 Å². The van der Waals surface area contributed by atoms with Crippen LogP contribution >= 0.6 is 11.6 Å². The van der Waals surface area contributed by atoms with Crippen molar-refractivity contribution < 1.29 is 0 Å². The fourth-order valence-corrected chi connectivity index (χ4v) is 1.79. The molecule has 0 spiro atoms. The minimum atomic E-state index is 0.354. The van der Waals surface area contributed by atoms with Crippen LogP contribution in [0, 0.1) is 11.3 Å². The topological polar surface area (TPSA) is 54.5 Å². The number of hydrogen-bond donors (Lipinski definition) is 0. The average molecular weight is 259 g/mol. The molecule has 0 aliphatic heterocycles. The third kappa shape index (κ3) is 2.58. The van der Waals surface area contributed by atoms with E-state index in [0.717, 1.165) is 11.3 Å². The van der Waals surface area contributed by atoms with E-state index in [1.165, 1.54) is 0 Å². The van der Waals surface area contributed by atoms with Gasteiger partial charge in [-0.15, -0.1) is 11.7 Å². The van der Waals surface area contributed by atoms with E-state index in [2.05, 4.69) is 23.0 Å². The molecule has 1 aromatic heterocycles. The predicted octanol–water partition coefficient (Wildman–Crippen LogP) is 2.58. The minimum Gasteiger partial charge on any atom is -0.244 e. The molecule has 0 bridgehead atoms. The summed E-state index contributed by atoms with van der Waals surface area (Å²) in [5, 5.41) is 17.5. The number of nitrogens with zero attached hydrogens (tertiary/aromatic N) is 4. The lowest BCUT2D eigenvalue weighted by atomic mass is 10.1. The Kier molecular flexibility index (Phi) is 3.75. The lowest BCUT2D eigenvalue weighted by Gasteiger charge is -2.04. The van der Waals surface area contributed by atoms with Gasteiger partial charge in [-0.05, 0) is 17.7 Å². The molecule has 1 aromatic carbocycles. The Morgan fingerprint density at radius 3 is 2.72 bits per heavy atom. The number of hydrogen-bond acceptors (Lipinski definition) is 3. The summed E-state index contributed by atoms with van der Waals surface area (Å²) in [5.74, 6) is 0. The Balaban J connectivity index is 2.32. The number of allylic oxidation sites excluding steroid dienone is 1. The third-order valence-electron chi connectivity index (χ3n) is 2.53. The van der Waals surface area contributed by atoms with Gasteiger partial charge in [0.25, 0.3) is 0 Å². The molecule has 18 heavy (non-hydrogen) atoms. The third-order valence-corrected chi connectivity index (χ3v) is 2.78. The zero-order chi connectivity index (χ0) is 13.0. The highest BCUT2D eigenvalue weighted by Gasteiger charge is 2.12. The number of benzene rings is 1. The van der Waals surface area contributed by atoms with Crippen LogP contribution in [-0.2, 0) is 13.0 Å². The maximum Gasteiger partial charge on any atom is 0.186 e. The van der Waals surface area contributed by atoms with Gasteiger partial charge < -0.3 is 0 Å². The first-order chi connectivity index (χ1) is 8.74. The highest BCUT2D eigenvalue weighted by molar-refractivity contribution is 6.30. The zero-order valence-corrected chi connectivity index (χ0v) is 10.4. The maximum atomic E-state index is 9.01. The van der Waals surface area contributed by atoms with Crippen molar-refractivity contribution in [3.8, 4) is 6.07 Å². The predicted molar refractivity (Wildman–Crippen MR) is 69.2 cm³/mol. The molecule has 0 aliphatic carbocycles. The lowest BCUT2D eigenvalue weighted by Crippen LogP contribution is -2.05.